The lowest BCUT2D eigenvalue weighted by Gasteiger charge is -2.36. The molecule has 4 aromatic carbocycles. The Hall–Kier alpha value is -2.94. The monoisotopic (exact) mass is 384 g/mol. The van der Waals surface area contributed by atoms with Crippen LogP contribution in [0.2, 0.25) is 5.02 Å². The summed E-state index contributed by atoms with van der Waals surface area (Å²) in [4.78, 5) is 13.0. The number of ketones is 1. The molecule has 0 heterocycles. The van der Waals surface area contributed by atoms with E-state index in [4.69, 9.17) is 11.6 Å². The number of halogens is 1. The van der Waals surface area contributed by atoms with Crippen LogP contribution in [0.4, 0.5) is 0 Å². The predicted molar refractivity (Wildman–Crippen MR) is 112 cm³/mol. The summed E-state index contributed by atoms with van der Waals surface area (Å²) in [6.07, 6.45) is 0.372. The highest BCUT2D eigenvalue weighted by molar-refractivity contribution is 6.31. The van der Waals surface area contributed by atoms with Gasteiger partial charge in [0.15, 0.2) is 5.78 Å². The first kappa shape index (κ1) is 17.2. The Labute approximate surface area is 168 Å². The van der Waals surface area contributed by atoms with Gasteiger partial charge in [-0.25, -0.2) is 0 Å². The van der Waals surface area contributed by atoms with Crippen LogP contribution in [0.15, 0.2) is 84.9 Å². The lowest BCUT2D eigenvalue weighted by atomic mass is 9.71. The van der Waals surface area contributed by atoms with Crippen LogP contribution < -0.4 is 0 Å². The predicted octanol–water partition coefficient (Wildman–Crippen LogP) is 5.52. The topological polar surface area (TPSA) is 37.3 Å². The number of fused-ring (bicyclic) bond motifs is 3. The fourth-order valence-electron chi connectivity index (χ4n) is 4.23. The summed E-state index contributed by atoms with van der Waals surface area (Å²) in [7, 11) is 0. The van der Waals surface area contributed by atoms with Crippen molar-refractivity contribution in [3.63, 3.8) is 0 Å². The van der Waals surface area contributed by atoms with Gasteiger partial charge in [0.05, 0.1) is 0 Å². The van der Waals surface area contributed by atoms with Crippen molar-refractivity contribution < 1.29 is 9.90 Å². The molecule has 1 aliphatic rings. The molecular weight excluding hydrogens is 368 g/mol. The van der Waals surface area contributed by atoms with Gasteiger partial charge in [0, 0.05) is 22.6 Å². The van der Waals surface area contributed by atoms with E-state index in [0.717, 1.165) is 16.3 Å². The Balaban J connectivity index is 1.71. The molecule has 28 heavy (non-hydrogen) atoms. The van der Waals surface area contributed by atoms with Crippen LogP contribution in [-0.2, 0) is 12.0 Å². The van der Waals surface area contributed by atoms with Crippen LogP contribution in [0, 0.1) is 0 Å². The van der Waals surface area contributed by atoms with Gasteiger partial charge in [-0.1, -0.05) is 84.4 Å². The third-order valence-corrected chi connectivity index (χ3v) is 5.80. The fraction of sp³-hybridized carbons (Fsp3) is 0.0800. The molecule has 0 saturated heterocycles. The van der Waals surface area contributed by atoms with Gasteiger partial charge in [0.1, 0.15) is 5.60 Å². The van der Waals surface area contributed by atoms with Gasteiger partial charge < -0.3 is 5.11 Å². The molecule has 136 valence electrons. The molecule has 0 amide bonds. The van der Waals surface area contributed by atoms with Crippen molar-refractivity contribution in [1.29, 1.82) is 0 Å². The SMILES string of the molecule is O=C1c2ccccc2C(O)(Cc2ccc3ccccc3c2)c2ccc(Cl)cc21. The van der Waals surface area contributed by atoms with E-state index in [9.17, 15) is 9.90 Å². The van der Waals surface area contributed by atoms with Crippen molar-refractivity contribution in [2.75, 3.05) is 0 Å². The van der Waals surface area contributed by atoms with E-state index in [2.05, 4.69) is 24.3 Å². The molecule has 1 unspecified atom stereocenters. The Morgan fingerprint density at radius 2 is 1.46 bits per heavy atom. The van der Waals surface area contributed by atoms with Gasteiger partial charge in [-0.3, -0.25) is 4.79 Å². The minimum Gasteiger partial charge on any atom is -0.380 e. The highest BCUT2D eigenvalue weighted by Crippen LogP contribution is 2.43. The number of rotatable bonds is 2. The number of benzene rings is 4. The molecule has 0 aromatic heterocycles. The summed E-state index contributed by atoms with van der Waals surface area (Å²) in [5, 5.41) is 14.7. The zero-order valence-corrected chi connectivity index (χ0v) is 15.8. The molecule has 0 bridgehead atoms. The van der Waals surface area contributed by atoms with E-state index in [1.807, 2.05) is 36.4 Å². The second-order valence-corrected chi connectivity index (χ2v) is 7.72. The van der Waals surface area contributed by atoms with E-state index < -0.39 is 5.60 Å². The Morgan fingerprint density at radius 1 is 0.750 bits per heavy atom. The minimum atomic E-state index is -1.30. The van der Waals surface area contributed by atoms with Crippen molar-refractivity contribution >= 4 is 28.2 Å². The molecular formula is C25H17ClO2. The average Bonchev–Trinajstić information content (AvgIpc) is 2.72. The maximum absolute atomic E-state index is 13.0. The molecule has 3 heteroatoms. The highest BCUT2D eigenvalue weighted by Gasteiger charge is 2.42. The zero-order chi connectivity index (χ0) is 19.3. The first-order valence-electron chi connectivity index (χ1n) is 9.20. The van der Waals surface area contributed by atoms with Gasteiger partial charge >= 0.3 is 0 Å². The third-order valence-electron chi connectivity index (χ3n) is 5.56. The number of hydrogen-bond acceptors (Lipinski definition) is 2. The first-order valence-corrected chi connectivity index (χ1v) is 9.58. The van der Waals surface area contributed by atoms with E-state index in [1.54, 1.807) is 24.3 Å². The molecule has 0 fully saturated rings. The smallest absolute Gasteiger partial charge is 0.193 e. The molecule has 0 aliphatic heterocycles. The quantitative estimate of drug-likeness (QED) is 0.494. The average molecular weight is 385 g/mol. The fourth-order valence-corrected chi connectivity index (χ4v) is 4.40. The summed E-state index contributed by atoms with van der Waals surface area (Å²) in [6.45, 7) is 0. The van der Waals surface area contributed by atoms with Gasteiger partial charge in [0.2, 0.25) is 0 Å². The van der Waals surface area contributed by atoms with Crippen molar-refractivity contribution in [2.24, 2.45) is 0 Å². The molecule has 0 saturated carbocycles. The van der Waals surface area contributed by atoms with Gasteiger partial charge in [-0.05, 0) is 39.6 Å². The Kier molecular flexibility index (Phi) is 3.87. The van der Waals surface area contributed by atoms with E-state index in [-0.39, 0.29) is 5.78 Å². The Bertz CT molecular complexity index is 1240. The Morgan fingerprint density at radius 3 is 2.32 bits per heavy atom. The van der Waals surface area contributed by atoms with Crippen molar-refractivity contribution in [3.05, 3.63) is 118 Å². The molecule has 1 aliphatic carbocycles. The molecule has 0 spiro atoms. The molecule has 0 radical (unpaired) electrons. The van der Waals surface area contributed by atoms with Crippen LogP contribution in [0.1, 0.15) is 32.6 Å². The normalized spacial score (nSPS) is 18.0. The lowest BCUT2D eigenvalue weighted by Crippen LogP contribution is -2.37. The summed E-state index contributed by atoms with van der Waals surface area (Å²) < 4.78 is 0. The van der Waals surface area contributed by atoms with Crippen LogP contribution in [-0.4, -0.2) is 10.9 Å². The third kappa shape index (κ3) is 2.57. The lowest BCUT2D eigenvalue weighted by molar-refractivity contribution is 0.0721. The second kappa shape index (κ2) is 6.30. The standard InChI is InChI=1S/C25H17ClO2/c26-19-11-12-23-21(14-19)24(27)20-7-3-4-8-22(20)25(23,28)15-16-9-10-17-5-1-2-6-18(17)13-16/h1-14,28H,15H2. The maximum atomic E-state index is 13.0. The van der Waals surface area contributed by atoms with Crippen LogP contribution in [0.5, 0.6) is 0 Å². The molecule has 1 N–H and O–H groups in total. The zero-order valence-electron chi connectivity index (χ0n) is 15.0. The highest BCUT2D eigenvalue weighted by atomic mass is 35.5. The van der Waals surface area contributed by atoms with Gasteiger partial charge in [-0.15, -0.1) is 0 Å². The largest absolute Gasteiger partial charge is 0.380 e. The summed E-state index contributed by atoms with van der Waals surface area (Å²) in [5.74, 6) is -0.101. The van der Waals surface area contributed by atoms with Gasteiger partial charge in [-0.2, -0.15) is 0 Å². The number of hydrogen-bond donors (Lipinski definition) is 1. The maximum Gasteiger partial charge on any atom is 0.193 e. The van der Waals surface area contributed by atoms with Crippen LogP contribution >= 0.6 is 11.6 Å². The molecule has 5 rings (SSSR count). The second-order valence-electron chi connectivity index (χ2n) is 7.28. The van der Waals surface area contributed by atoms with Crippen LogP contribution in [0.3, 0.4) is 0 Å². The van der Waals surface area contributed by atoms with E-state index in [1.165, 1.54) is 0 Å². The summed E-state index contributed by atoms with van der Waals surface area (Å²) >= 11 is 6.15. The molecule has 4 aromatic rings. The van der Waals surface area contributed by atoms with Gasteiger partial charge in [0.25, 0.3) is 0 Å². The van der Waals surface area contributed by atoms with Crippen LogP contribution in [0.25, 0.3) is 10.8 Å². The number of carbonyl (C=O) groups is 1. The van der Waals surface area contributed by atoms with Crippen molar-refractivity contribution in [2.45, 2.75) is 12.0 Å². The van der Waals surface area contributed by atoms with Crippen molar-refractivity contribution in [1.82, 2.24) is 0 Å². The first-order chi connectivity index (χ1) is 13.6. The number of aliphatic hydroxyl groups is 1. The molecule has 2 nitrogen and oxygen atoms in total. The summed E-state index contributed by atoms with van der Waals surface area (Å²) in [5.41, 5.74) is 1.95. The summed E-state index contributed by atoms with van der Waals surface area (Å²) in [6, 6.07) is 26.8. The van der Waals surface area contributed by atoms with E-state index >= 15 is 0 Å². The number of carbonyl (C=O) groups excluding carboxylic acids is 1. The molecule has 1 atom stereocenters. The minimum absolute atomic E-state index is 0.101. The van der Waals surface area contributed by atoms with Crippen molar-refractivity contribution in [3.8, 4) is 0 Å². The van der Waals surface area contributed by atoms with E-state index in [0.29, 0.717) is 33.7 Å².